The smallest absolute Gasteiger partial charge is 0.299 e. The summed E-state index contributed by atoms with van der Waals surface area (Å²) in [5.74, 6) is -0.546. The first-order valence-corrected chi connectivity index (χ1v) is 15.4. The molecule has 3 rings (SSSR count). The SMILES string of the molecule is CC[C@@H](NC1=NS(=O)(=O)C(S(N)(=O)=O)=C1Nc1cccc(S(=O)(=O)N(C)C)c1O)c1cc(C(C)C)co1. The van der Waals surface area contributed by atoms with E-state index in [1.54, 1.807) is 19.3 Å². The molecule has 13 nitrogen and oxygen atoms in total. The van der Waals surface area contributed by atoms with Gasteiger partial charge in [0, 0.05) is 14.1 Å². The fraction of sp³-hybridized carbons (Fsp3) is 0.381. The Morgan fingerprint density at radius 3 is 2.35 bits per heavy atom. The van der Waals surface area contributed by atoms with Crippen molar-refractivity contribution in [3.8, 4) is 5.75 Å². The number of aromatic hydroxyl groups is 1. The fourth-order valence-corrected chi connectivity index (χ4v) is 7.08. The second-order valence-corrected chi connectivity index (χ2v) is 14.1. The number of nitrogens with two attached hydrogens (primary N) is 1. The van der Waals surface area contributed by atoms with Crippen LogP contribution in [0.15, 0.2) is 54.2 Å². The standard InChI is InChI=1S/C21H29N5O8S3/c1-6-14(16-10-13(11-34-16)12(2)3)24-20-18(21(35(22,28)29)36(30,31)25-20)23-15-8-7-9-17(19(15)27)37(32,33)26(4)5/h7-12,14,23,27H,6H2,1-5H3,(H,24,25)(H2,22,28,29)/t14-/m1/s1. The fourth-order valence-electron chi connectivity index (χ4n) is 3.49. The van der Waals surface area contributed by atoms with Crippen molar-refractivity contribution >= 4 is 41.6 Å². The number of furan rings is 1. The first-order chi connectivity index (χ1) is 17.0. The average Bonchev–Trinajstić information content (AvgIpc) is 3.35. The van der Waals surface area contributed by atoms with Gasteiger partial charge in [-0.2, -0.15) is 8.42 Å². The van der Waals surface area contributed by atoms with Crippen molar-refractivity contribution in [3.05, 3.63) is 51.8 Å². The molecule has 5 N–H and O–H groups in total. The molecule has 0 amide bonds. The van der Waals surface area contributed by atoms with Gasteiger partial charge in [0.05, 0.1) is 18.0 Å². The zero-order chi connectivity index (χ0) is 27.9. The molecule has 2 heterocycles. The van der Waals surface area contributed by atoms with Crippen LogP contribution in [0.3, 0.4) is 0 Å². The number of phenols is 1. The number of primary sulfonamides is 1. The molecule has 0 spiro atoms. The lowest BCUT2D eigenvalue weighted by atomic mass is 10.1. The van der Waals surface area contributed by atoms with E-state index in [0.717, 1.165) is 15.9 Å². The van der Waals surface area contributed by atoms with E-state index < -0.39 is 62.5 Å². The molecular weight excluding hydrogens is 546 g/mol. The highest BCUT2D eigenvalue weighted by molar-refractivity contribution is 8.13. The van der Waals surface area contributed by atoms with E-state index in [2.05, 4.69) is 15.0 Å². The van der Waals surface area contributed by atoms with Crippen molar-refractivity contribution in [2.24, 2.45) is 9.54 Å². The van der Waals surface area contributed by atoms with E-state index in [4.69, 9.17) is 9.56 Å². The van der Waals surface area contributed by atoms with Crippen molar-refractivity contribution in [2.45, 2.75) is 44.0 Å². The van der Waals surface area contributed by atoms with E-state index in [1.165, 1.54) is 26.2 Å². The molecule has 1 aromatic carbocycles. The number of para-hydroxylation sites is 1. The number of rotatable bonds is 9. The normalized spacial score (nSPS) is 16.8. The van der Waals surface area contributed by atoms with Crippen LogP contribution >= 0.6 is 0 Å². The molecular formula is C21H29N5O8S3. The average molecular weight is 576 g/mol. The zero-order valence-corrected chi connectivity index (χ0v) is 23.2. The highest BCUT2D eigenvalue weighted by Gasteiger charge is 2.41. The summed E-state index contributed by atoms with van der Waals surface area (Å²) in [5, 5.41) is 21.3. The molecule has 1 atom stereocenters. The van der Waals surface area contributed by atoms with Gasteiger partial charge in [0.1, 0.15) is 16.4 Å². The van der Waals surface area contributed by atoms with Crippen LogP contribution in [0.4, 0.5) is 5.69 Å². The quantitative estimate of drug-likeness (QED) is 0.319. The molecule has 204 valence electrons. The van der Waals surface area contributed by atoms with Gasteiger partial charge < -0.3 is 20.2 Å². The lowest BCUT2D eigenvalue weighted by molar-refractivity contribution is 0.439. The summed E-state index contributed by atoms with van der Waals surface area (Å²) in [6.45, 7) is 5.73. The summed E-state index contributed by atoms with van der Waals surface area (Å²) in [5.41, 5.74) is 0.0318. The predicted octanol–water partition coefficient (Wildman–Crippen LogP) is 1.71. The molecule has 2 aromatic rings. The van der Waals surface area contributed by atoms with Crippen LogP contribution in [0.1, 0.15) is 50.5 Å². The number of hydrogen-bond acceptors (Lipinski definition) is 10. The van der Waals surface area contributed by atoms with Crippen LogP contribution in [0.2, 0.25) is 0 Å². The molecule has 0 radical (unpaired) electrons. The summed E-state index contributed by atoms with van der Waals surface area (Å²) in [6, 6.07) is 4.83. The minimum Gasteiger partial charge on any atom is -0.504 e. The van der Waals surface area contributed by atoms with Gasteiger partial charge in [0.15, 0.2) is 11.6 Å². The van der Waals surface area contributed by atoms with Gasteiger partial charge in [0.2, 0.25) is 14.3 Å². The number of phenolic OH excluding ortho intramolecular Hbond substituents is 1. The highest BCUT2D eigenvalue weighted by atomic mass is 32.3. The molecule has 0 unspecified atom stereocenters. The molecule has 1 aliphatic heterocycles. The monoisotopic (exact) mass is 575 g/mol. The topological polar surface area (TPSA) is 201 Å². The molecule has 16 heteroatoms. The first-order valence-electron chi connectivity index (χ1n) is 11.0. The number of hydrogen-bond donors (Lipinski definition) is 4. The Kier molecular flexibility index (Phi) is 7.81. The molecule has 1 aliphatic rings. The summed E-state index contributed by atoms with van der Waals surface area (Å²) < 4.78 is 84.1. The van der Waals surface area contributed by atoms with Crippen LogP contribution in [0.5, 0.6) is 5.75 Å². The maximum Gasteiger partial charge on any atom is 0.299 e. The first kappa shape index (κ1) is 28.6. The van der Waals surface area contributed by atoms with Gasteiger partial charge in [-0.05, 0) is 36.1 Å². The zero-order valence-electron chi connectivity index (χ0n) is 20.8. The number of nitrogens with zero attached hydrogens (tertiary/aromatic N) is 2. The summed E-state index contributed by atoms with van der Waals surface area (Å²) in [7, 11) is -11.2. The largest absolute Gasteiger partial charge is 0.504 e. The van der Waals surface area contributed by atoms with Crippen molar-refractivity contribution in [2.75, 3.05) is 19.4 Å². The van der Waals surface area contributed by atoms with E-state index >= 15 is 0 Å². The van der Waals surface area contributed by atoms with Gasteiger partial charge in [-0.1, -0.05) is 26.8 Å². The maximum atomic E-state index is 12.7. The number of sulfonamides is 3. The van der Waals surface area contributed by atoms with E-state index in [0.29, 0.717) is 12.2 Å². The molecule has 0 saturated heterocycles. The Labute approximate surface area is 216 Å². The number of benzene rings is 1. The van der Waals surface area contributed by atoms with Gasteiger partial charge in [-0.3, -0.25) is 0 Å². The number of anilines is 1. The second-order valence-electron chi connectivity index (χ2n) is 8.73. The van der Waals surface area contributed by atoms with Crippen LogP contribution in [-0.4, -0.2) is 54.6 Å². The predicted molar refractivity (Wildman–Crippen MR) is 138 cm³/mol. The Morgan fingerprint density at radius 1 is 1.19 bits per heavy atom. The lowest BCUT2D eigenvalue weighted by Gasteiger charge is -2.19. The van der Waals surface area contributed by atoms with Crippen LogP contribution in [0, 0.1) is 0 Å². The molecule has 0 saturated carbocycles. The minimum absolute atomic E-state index is 0.166. The Hall–Kier alpha value is -2.92. The maximum absolute atomic E-state index is 12.7. The van der Waals surface area contributed by atoms with Gasteiger partial charge in [0.25, 0.3) is 20.0 Å². The molecule has 37 heavy (non-hydrogen) atoms. The van der Waals surface area contributed by atoms with Crippen molar-refractivity contribution in [3.63, 3.8) is 0 Å². The van der Waals surface area contributed by atoms with Gasteiger partial charge in [-0.15, -0.1) is 4.40 Å². The molecule has 0 aliphatic carbocycles. The summed E-state index contributed by atoms with van der Waals surface area (Å²) >= 11 is 0. The second kappa shape index (κ2) is 10.1. The van der Waals surface area contributed by atoms with Crippen LogP contribution in [0.25, 0.3) is 0 Å². The van der Waals surface area contributed by atoms with Crippen molar-refractivity contribution < 1.29 is 34.8 Å². The molecule has 0 fully saturated rings. The third-order valence-corrected chi connectivity index (χ3v) is 10.5. The molecule has 0 bridgehead atoms. The van der Waals surface area contributed by atoms with Gasteiger partial charge in [-0.25, -0.2) is 26.3 Å². The highest BCUT2D eigenvalue weighted by Crippen LogP contribution is 2.36. The Bertz CT molecular complexity index is 1590. The van der Waals surface area contributed by atoms with E-state index in [-0.39, 0.29) is 11.6 Å². The summed E-state index contributed by atoms with van der Waals surface area (Å²) in [4.78, 5) is -0.490. The lowest BCUT2D eigenvalue weighted by Crippen LogP contribution is -2.32. The van der Waals surface area contributed by atoms with E-state index in [9.17, 15) is 30.4 Å². The third kappa shape index (κ3) is 5.67. The van der Waals surface area contributed by atoms with E-state index in [1.807, 2.05) is 13.8 Å². The van der Waals surface area contributed by atoms with Crippen LogP contribution in [-0.2, 0) is 30.1 Å². The minimum atomic E-state index is -4.85. The number of amidine groups is 1. The summed E-state index contributed by atoms with van der Waals surface area (Å²) in [6.07, 6.45) is 1.96. The van der Waals surface area contributed by atoms with Crippen LogP contribution < -0.4 is 15.8 Å². The Morgan fingerprint density at radius 2 is 1.84 bits per heavy atom. The third-order valence-electron chi connectivity index (χ3n) is 5.53. The molecule has 1 aromatic heterocycles. The Balaban J connectivity index is 2.13. The van der Waals surface area contributed by atoms with Gasteiger partial charge >= 0.3 is 0 Å². The number of nitrogens with one attached hydrogen (secondary N) is 2. The van der Waals surface area contributed by atoms with Crippen molar-refractivity contribution in [1.29, 1.82) is 0 Å². The van der Waals surface area contributed by atoms with Crippen molar-refractivity contribution in [1.82, 2.24) is 9.62 Å².